The average Bonchev–Trinajstić information content (AvgIpc) is 2.18. The Morgan fingerprint density at radius 3 is 2.92 bits per heavy atom. The first-order valence-corrected chi connectivity index (χ1v) is 5.10. The molecule has 0 radical (unpaired) electrons. The van der Waals surface area contributed by atoms with E-state index in [1.54, 1.807) is 0 Å². The van der Waals surface area contributed by atoms with Crippen LogP contribution in [-0.4, -0.2) is 19.2 Å². The number of nitrogens with one attached hydrogen (secondary N) is 1. The lowest BCUT2D eigenvalue weighted by Gasteiger charge is -2.28. The van der Waals surface area contributed by atoms with E-state index in [4.69, 9.17) is 0 Å². The topological polar surface area (TPSA) is 38.3 Å². The van der Waals surface area contributed by atoms with Gasteiger partial charge < -0.3 is 10.1 Å². The van der Waals surface area contributed by atoms with Crippen LogP contribution in [0.1, 0.15) is 39.0 Å². The molecule has 1 amide bonds. The molecular weight excluding hydrogens is 166 g/mol. The third-order valence-corrected chi connectivity index (χ3v) is 2.87. The highest BCUT2D eigenvalue weighted by Crippen LogP contribution is 2.26. The molecule has 1 saturated carbocycles. The van der Waals surface area contributed by atoms with Crippen molar-refractivity contribution in [3.05, 3.63) is 0 Å². The van der Waals surface area contributed by atoms with Crippen molar-refractivity contribution in [1.29, 1.82) is 0 Å². The van der Waals surface area contributed by atoms with Gasteiger partial charge in [-0.05, 0) is 18.8 Å². The van der Waals surface area contributed by atoms with Gasteiger partial charge in [-0.1, -0.05) is 26.2 Å². The summed E-state index contributed by atoms with van der Waals surface area (Å²) in [5.74, 6) is 0.788. The van der Waals surface area contributed by atoms with E-state index in [2.05, 4.69) is 17.0 Å². The summed E-state index contributed by atoms with van der Waals surface area (Å²) in [6.07, 6.45) is 5.70. The zero-order chi connectivity index (χ0) is 9.68. The van der Waals surface area contributed by atoms with Crippen molar-refractivity contribution >= 4 is 6.09 Å². The molecule has 0 bridgehead atoms. The Morgan fingerprint density at radius 2 is 2.31 bits per heavy atom. The average molecular weight is 185 g/mol. The first kappa shape index (κ1) is 10.4. The minimum Gasteiger partial charge on any atom is -0.453 e. The number of alkyl carbamates (subject to hydrolysis) is 1. The number of methoxy groups -OCH3 is 1. The molecule has 1 aliphatic carbocycles. The van der Waals surface area contributed by atoms with E-state index in [0.29, 0.717) is 6.04 Å². The van der Waals surface area contributed by atoms with Crippen molar-refractivity contribution in [2.75, 3.05) is 7.11 Å². The molecule has 3 nitrogen and oxygen atoms in total. The fourth-order valence-electron chi connectivity index (χ4n) is 2.02. The summed E-state index contributed by atoms with van der Waals surface area (Å²) in [6.45, 7) is 2.21. The number of carbonyl (C=O) groups is 1. The van der Waals surface area contributed by atoms with Crippen LogP contribution in [-0.2, 0) is 4.74 Å². The molecule has 1 aliphatic rings. The van der Waals surface area contributed by atoms with Gasteiger partial charge in [0.1, 0.15) is 0 Å². The van der Waals surface area contributed by atoms with Gasteiger partial charge >= 0.3 is 6.09 Å². The summed E-state index contributed by atoms with van der Waals surface area (Å²) in [7, 11) is 1.41. The molecule has 76 valence electrons. The number of hydrogen-bond donors (Lipinski definition) is 1. The van der Waals surface area contributed by atoms with Gasteiger partial charge in [0.15, 0.2) is 0 Å². The van der Waals surface area contributed by atoms with Crippen molar-refractivity contribution in [3.63, 3.8) is 0 Å². The van der Waals surface area contributed by atoms with E-state index in [-0.39, 0.29) is 6.09 Å². The molecule has 1 rings (SSSR count). The van der Waals surface area contributed by atoms with Crippen LogP contribution in [0.3, 0.4) is 0 Å². The molecule has 0 aliphatic heterocycles. The summed E-state index contributed by atoms with van der Waals surface area (Å²) < 4.78 is 4.57. The van der Waals surface area contributed by atoms with Gasteiger partial charge in [-0.25, -0.2) is 4.79 Å². The Balaban J connectivity index is 2.29. The second kappa shape index (κ2) is 5.10. The van der Waals surface area contributed by atoms with Crippen molar-refractivity contribution < 1.29 is 9.53 Å². The first-order chi connectivity index (χ1) is 6.26. The molecule has 1 fully saturated rings. The van der Waals surface area contributed by atoms with E-state index < -0.39 is 0 Å². The maximum absolute atomic E-state index is 10.9. The van der Waals surface area contributed by atoms with Gasteiger partial charge in [0.05, 0.1) is 7.11 Å². The zero-order valence-corrected chi connectivity index (χ0v) is 8.51. The van der Waals surface area contributed by atoms with Crippen molar-refractivity contribution in [1.82, 2.24) is 5.32 Å². The first-order valence-electron chi connectivity index (χ1n) is 5.10. The molecule has 0 aromatic heterocycles. The van der Waals surface area contributed by atoms with Crippen LogP contribution in [0.5, 0.6) is 0 Å². The summed E-state index contributed by atoms with van der Waals surface area (Å²) in [6, 6.07) is 0.339. The number of ether oxygens (including phenoxy) is 1. The summed E-state index contributed by atoms with van der Waals surface area (Å²) in [5.41, 5.74) is 0. The molecular formula is C10H19NO2. The monoisotopic (exact) mass is 185 g/mol. The van der Waals surface area contributed by atoms with Crippen LogP contribution in [0.2, 0.25) is 0 Å². The number of amides is 1. The highest BCUT2D eigenvalue weighted by Gasteiger charge is 2.21. The quantitative estimate of drug-likeness (QED) is 0.717. The number of hydrogen-bond acceptors (Lipinski definition) is 2. The lowest BCUT2D eigenvalue weighted by molar-refractivity contribution is 0.159. The Kier molecular flexibility index (Phi) is 4.06. The molecule has 2 atom stereocenters. The second-order valence-electron chi connectivity index (χ2n) is 3.77. The molecule has 1 N–H and O–H groups in total. The smallest absolute Gasteiger partial charge is 0.407 e. The van der Waals surface area contributed by atoms with Crippen LogP contribution in [0.25, 0.3) is 0 Å². The molecule has 2 unspecified atom stereocenters. The Labute approximate surface area is 79.8 Å². The Morgan fingerprint density at radius 1 is 1.54 bits per heavy atom. The maximum atomic E-state index is 10.9. The van der Waals surface area contributed by atoms with Gasteiger partial charge in [0, 0.05) is 6.04 Å². The lowest BCUT2D eigenvalue weighted by atomic mass is 9.84. The third-order valence-electron chi connectivity index (χ3n) is 2.87. The van der Waals surface area contributed by atoms with Crippen LogP contribution < -0.4 is 5.32 Å². The van der Waals surface area contributed by atoms with E-state index in [1.807, 2.05) is 0 Å². The van der Waals surface area contributed by atoms with Crippen molar-refractivity contribution in [2.45, 2.75) is 45.1 Å². The molecule has 0 aromatic rings. The van der Waals surface area contributed by atoms with Crippen molar-refractivity contribution in [2.24, 2.45) is 5.92 Å². The SMILES string of the molecule is CCC1CCCC(NC(=O)OC)C1. The van der Waals surface area contributed by atoms with Crippen LogP contribution >= 0.6 is 0 Å². The second-order valence-corrected chi connectivity index (χ2v) is 3.77. The van der Waals surface area contributed by atoms with E-state index in [1.165, 1.54) is 26.4 Å². The highest BCUT2D eigenvalue weighted by atomic mass is 16.5. The molecule has 0 heterocycles. The van der Waals surface area contributed by atoms with Gasteiger partial charge in [-0.2, -0.15) is 0 Å². The normalized spacial score (nSPS) is 28.2. The number of rotatable bonds is 2. The summed E-state index contributed by atoms with van der Waals surface area (Å²) >= 11 is 0. The van der Waals surface area contributed by atoms with E-state index in [9.17, 15) is 4.79 Å². The van der Waals surface area contributed by atoms with Crippen LogP contribution in [0.15, 0.2) is 0 Å². The third kappa shape index (κ3) is 3.25. The predicted octanol–water partition coefficient (Wildman–Crippen LogP) is 2.31. The summed E-state index contributed by atoms with van der Waals surface area (Å²) in [4.78, 5) is 10.9. The fourth-order valence-corrected chi connectivity index (χ4v) is 2.02. The maximum Gasteiger partial charge on any atom is 0.407 e. The van der Waals surface area contributed by atoms with Gasteiger partial charge in [0.25, 0.3) is 0 Å². The zero-order valence-electron chi connectivity index (χ0n) is 8.51. The minimum atomic E-state index is -0.290. The Hall–Kier alpha value is -0.730. The van der Waals surface area contributed by atoms with Gasteiger partial charge in [-0.15, -0.1) is 0 Å². The molecule has 0 spiro atoms. The number of carbonyl (C=O) groups excluding carboxylic acids is 1. The molecule has 13 heavy (non-hydrogen) atoms. The van der Waals surface area contributed by atoms with Crippen molar-refractivity contribution in [3.8, 4) is 0 Å². The standard InChI is InChI=1S/C10H19NO2/c1-3-8-5-4-6-9(7-8)11-10(12)13-2/h8-9H,3-7H2,1-2H3,(H,11,12). The molecule has 3 heteroatoms. The van der Waals surface area contributed by atoms with Gasteiger partial charge in [0.2, 0.25) is 0 Å². The van der Waals surface area contributed by atoms with Crippen LogP contribution in [0, 0.1) is 5.92 Å². The lowest BCUT2D eigenvalue weighted by Crippen LogP contribution is -2.38. The minimum absolute atomic E-state index is 0.290. The Bertz CT molecular complexity index is 170. The van der Waals surface area contributed by atoms with E-state index >= 15 is 0 Å². The summed E-state index contributed by atoms with van der Waals surface area (Å²) in [5, 5.41) is 2.87. The fraction of sp³-hybridized carbons (Fsp3) is 0.900. The highest BCUT2D eigenvalue weighted by molar-refractivity contribution is 5.67. The molecule has 0 saturated heterocycles. The van der Waals surface area contributed by atoms with Crippen LogP contribution in [0.4, 0.5) is 4.79 Å². The van der Waals surface area contributed by atoms with E-state index in [0.717, 1.165) is 18.8 Å². The molecule has 0 aromatic carbocycles. The van der Waals surface area contributed by atoms with Gasteiger partial charge in [-0.3, -0.25) is 0 Å². The predicted molar refractivity (Wildman–Crippen MR) is 51.6 cm³/mol. The largest absolute Gasteiger partial charge is 0.453 e.